The Balaban J connectivity index is 1.84. The number of aromatic nitrogens is 2. The van der Waals surface area contributed by atoms with Crippen LogP contribution in [-0.4, -0.2) is 41.2 Å². The van der Waals surface area contributed by atoms with Gasteiger partial charge in [-0.3, -0.25) is 14.6 Å². The Labute approximate surface area is 190 Å². The number of aliphatic hydroxyl groups excluding tert-OH is 1. The van der Waals surface area contributed by atoms with E-state index in [0.29, 0.717) is 45.1 Å². The highest BCUT2D eigenvalue weighted by Crippen LogP contribution is 2.22. The first kappa shape index (κ1) is 23.3. The molecule has 0 aliphatic rings. The molecule has 1 aromatic carbocycles. The third-order valence-electron chi connectivity index (χ3n) is 4.73. The van der Waals surface area contributed by atoms with Crippen LogP contribution in [0.1, 0.15) is 27.0 Å². The van der Waals surface area contributed by atoms with Gasteiger partial charge < -0.3 is 31.2 Å². The maximum absolute atomic E-state index is 12.6. The van der Waals surface area contributed by atoms with Crippen molar-refractivity contribution in [3.8, 4) is 5.75 Å². The van der Waals surface area contributed by atoms with Crippen LogP contribution in [0, 0.1) is 0 Å². The molecule has 0 aliphatic heterocycles. The molecular weight excluding hydrogens is 422 g/mol. The molecule has 0 atom stereocenters. The molecule has 0 saturated carbocycles. The van der Waals surface area contributed by atoms with Gasteiger partial charge in [-0.05, 0) is 48.0 Å². The molecule has 0 fully saturated rings. The molecule has 0 bridgehead atoms. The summed E-state index contributed by atoms with van der Waals surface area (Å²) in [7, 11) is 1.54. The van der Waals surface area contributed by atoms with Crippen LogP contribution >= 0.6 is 0 Å². The van der Waals surface area contributed by atoms with Gasteiger partial charge in [-0.1, -0.05) is 6.58 Å². The van der Waals surface area contributed by atoms with Crippen molar-refractivity contribution >= 4 is 29.1 Å². The lowest BCUT2D eigenvalue weighted by Gasteiger charge is -2.13. The topological polar surface area (TPSA) is 142 Å². The lowest BCUT2D eigenvalue weighted by atomic mass is 10.0. The zero-order valence-corrected chi connectivity index (χ0v) is 18.1. The number of nitrogens with zero attached hydrogens (tertiary/aromatic N) is 1. The minimum Gasteiger partial charge on any atom is -0.495 e. The van der Waals surface area contributed by atoms with E-state index in [9.17, 15) is 9.59 Å². The Morgan fingerprint density at radius 1 is 1.24 bits per heavy atom. The highest BCUT2D eigenvalue weighted by Gasteiger charge is 2.12. The number of rotatable bonds is 9. The molecule has 2 heterocycles. The fraction of sp³-hybridized carbons (Fsp3) is 0.125. The molecule has 0 unspecified atom stereocenters. The number of benzene rings is 1. The van der Waals surface area contributed by atoms with Gasteiger partial charge in [-0.2, -0.15) is 0 Å². The number of nitrogens with one attached hydrogen (secondary N) is 3. The van der Waals surface area contributed by atoms with E-state index in [4.69, 9.17) is 15.6 Å². The van der Waals surface area contributed by atoms with E-state index >= 15 is 0 Å². The van der Waals surface area contributed by atoms with Crippen LogP contribution in [0.25, 0.3) is 17.5 Å². The highest BCUT2D eigenvalue weighted by molar-refractivity contribution is 5.94. The molecule has 170 valence electrons. The number of amides is 1. The minimum absolute atomic E-state index is 0.132. The third-order valence-corrected chi connectivity index (χ3v) is 4.73. The lowest BCUT2D eigenvalue weighted by Crippen LogP contribution is -2.26. The van der Waals surface area contributed by atoms with Crippen LogP contribution in [-0.2, 0) is 0 Å². The van der Waals surface area contributed by atoms with Crippen LogP contribution < -0.4 is 26.7 Å². The van der Waals surface area contributed by atoms with Gasteiger partial charge >= 0.3 is 0 Å². The van der Waals surface area contributed by atoms with Crippen LogP contribution in [0.5, 0.6) is 5.75 Å². The number of methoxy groups -OCH3 is 1. The predicted molar refractivity (Wildman–Crippen MR) is 128 cm³/mol. The Bertz CT molecular complexity index is 1230. The number of nitrogens with two attached hydrogens (primary N) is 1. The minimum atomic E-state index is -0.335. The number of carbonyl (C=O) groups is 1. The summed E-state index contributed by atoms with van der Waals surface area (Å²) in [5, 5.41) is 14.5. The number of pyridine rings is 2. The quantitative estimate of drug-likeness (QED) is 0.338. The fourth-order valence-corrected chi connectivity index (χ4v) is 3.08. The van der Waals surface area contributed by atoms with E-state index < -0.39 is 0 Å². The summed E-state index contributed by atoms with van der Waals surface area (Å²) in [6.45, 7) is 4.05. The van der Waals surface area contributed by atoms with Gasteiger partial charge in [0.15, 0.2) is 0 Å². The highest BCUT2D eigenvalue weighted by atomic mass is 16.5. The van der Waals surface area contributed by atoms with E-state index in [0.717, 1.165) is 0 Å². The fourth-order valence-electron chi connectivity index (χ4n) is 3.08. The second-order valence-corrected chi connectivity index (χ2v) is 7.01. The molecule has 9 heteroatoms. The summed E-state index contributed by atoms with van der Waals surface area (Å²) in [5.74, 6) is 0.276. The molecule has 6 N–H and O–H groups in total. The average molecular weight is 447 g/mol. The van der Waals surface area contributed by atoms with Gasteiger partial charge in [0.2, 0.25) is 0 Å². The van der Waals surface area contributed by atoms with Crippen molar-refractivity contribution < 1.29 is 14.6 Å². The molecule has 3 aromatic rings. The molecule has 9 nitrogen and oxygen atoms in total. The summed E-state index contributed by atoms with van der Waals surface area (Å²) in [6.07, 6.45) is 6.37. The first-order valence-electron chi connectivity index (χ1n) is 10.1. The zero-order chi connectivity index (χ0) is 23.8. The van der Waals surface area contributed by atoms with Crippen molar-refractivity contribution in [2.75, 3.05) is 25.6 Å². The monoisotopic (exact) mass is 447 g/mol. The molecule has 0 saturated heterocycles. The van der Waals surface area contributed by atoms with Crippen LogP contribution in [0.3, 0.4) is 0 Å². The van der Waals surface area contributed by atoms with Gasteiger partial charge in [-0.15, -0.1) is 0 Å². The zero-order valence-electron chi connectivity index (χ0n) is 18.1. The first-order chi connectivity index (χ1) is 15.9. The molecule has 1 amide bonds. The molecular formula is C24H25N5O4. The standard InChI is InChI=1S/C24H25N5O4/c1-15(29-19-5-3-16(4-6-19)23(31)28-9-10-30)22-17(7-8-27-24(22)32)12-21(25)18-11-20(33-2)14-26-13-18/h3-8,11-14,29-30H,1,9-10,25H2,2H3,(H,27,32)(H,28,31)/b21-12-. The molecule has 0 radical (unpaired) electrons. The lowest BCUT2D eigenvalue weighted by molar-refractivity contribution is 0.0945. The maximum Gasteiger partial charge on any atom is 0.257 e. The smallest absolute Gasteiger partial charge is 0.257 e. The second kappa shape index (κ2) is 10.8. The van der Waals surface area contributed by atoms with E-state index in [1.54, 1.807) is 62.0 Å². The number of aliphatic hydroxyl groups is 1. The van der Waals surface area contributed by atoms with Crippen molar-refractivity contribution in [2.24, 2.45) is 5.73 Å². The van der Waals surface area contributed by atoms with Gasteiger partial charge in [-0.25, -0.2) is 0 Å². The summed E-state index contributed by atoms with van der Waals surface area (Å²) in [6, 6.07) is 10.1. The third kappa shape index (κ3) is 5.86. The molecule has 2 aromatic heterocycles. The van der Waals surface area contributed by atoms with Crippen molar-refractivity contribution in [1.29, 1.82) is 0 Å². The second-order valence-electron chi connectivity index (χ2n) is 7.01. The molecule has 33 heavy (non-hydrogen) atoms. The van der Waals surface area contributed by atoms with Crippen molar-refractivity contribution in [1.82, 2.24) is 15.3 Å². The summed E-state index contributed by atoms with van der Waals surface area (Å²) in [5.41, 5.74) is 9.30. The van der Waals surface area contributed by atoms with E-state index in [1.807, 2.05) is 0 Å². The van der Waals surface area contributed by atoms with Crippen molar-refractivity contribution in [3.63, 3.8) is 0 Å². The van der Waals surface area contributed by atoms with Crippen molar-refractivity contribution in [2.45, 2.75) is 0 Å². The number of hydrogen-bond acceptors (Lipinski definition) is 7. The number of carbonyl (C=O) groups excluding carboxylic acids is 1. The summed E-state index contributed by atoms with van der Waals surface area (Å²) in [4.78, 5) is 31.3. The summed E-state index contributed by atoms with van der Waals surface area (Å²) < 4.78 is 5.18. The molecule has 0 spiro atoms. The first-order valence-corrected chi connectivity index (χ1v) is 10.1. The van der Waals surface area contributed by atoms with Gasteiger partial charge in [0, 0.05) is 47.1 Å². The number of anilines is 1. The number of hydrogen-bond donors (Lipinski definition) is 5. The van der Waals surface area contributed by atoms with Crippen LogP contribution in [0.4, 0.5) is 5.69 Å². The number of aromatic amines is 1. The van der Waals surface area contributed by atoms with E-state index in [1.165, 1.54) is 6.20 Å². The van der Waals surface area contributed by atoms with Gasteiger partial charge in [0.05, 0.1) is 25.5 Å². The Kier molecular flexibility index (Phi) is 7.61. The largest absolute Gasteiger partial charge is 0.495 e. The van der Waals surface area contributed by atoms with Crippen LogP contribution in [0.15, 0.2) is 66.4 Å². The maximum atomic E-state index is 12.6. The van der Waals surface area contributed by atoms with E-state index in [-0.39, 0.29) is 24.6 Å². The Hall–Kier alpha value is -4.37. The van der Waals surface area contributed by atoms with Crippen molar-refractivity contribution in [3.05, 3.63) is 94.2 Å². The van der Waals surface area contributed by atoms with Crippen LogP contribution in [0.2, 0.25) is 0 Å². The predicted octanol–water partition coefficient (Wildman–Crippen LogP) is 2.04. The average Bonchev–Trinajstić information content (AvgIpc) is 2.83. The van der Waals surface area contributed by atoms with Gasteiger partial charge in [0.1, 0.15) is 5.75 Å². The van der Waals surface area contributed by atoms with Gasteiger partial charge in [0.25, 0.3) is 11.5 Å². The molecule has 0 aliphatic carbocycles. The Morgan fingerprint density at radius 3 is 2.70 bits per heavy atom. The number of ether oxygens (including phenoxy) is 1. The Morgan fingerprint density at radius 2 is 2.00 bits per heavy atom. The summed E-state index contributed by atoms with van der Waals surface area (Å²) >= 11 is 0. The van der Waals surface area contributed by atoms with E-state index in [2.05, 4.69) is 27.2 Å². The normalized spacial score (nSPS) is 11.0. The molecule has 3 rings (SSSR count). The number of H-pyrrole nitrogens is 1. The SMILES string of the molecule is C=C(Nc1ccc(C(=O)NCCO)cc1)c1c(/C=C(\N)c2cncc(OC)c2)cc[nH]c1=O.